The van der Waals surface area contributed by atoms with Crippen LogP contribution in [0.3, 0.4) is 0 Å². The third-order valence-electron chi connectivity index (χ3n) is 4.54. The van der Waals surface area contributed by atoms with E-state index in [1.165, 1.54) is 0 Å². The first-order valence-electron chi connectivity index (χ1n) is 9.54. The normalized spacial score (nSPS) is 12.2. The molecule has 3 aromatic rings. The molecule has 0 aliphatic carbocycles. The number of halogens is 4. The van der Waals surface area contributed by atoms with E-state index in [1.54, 1.807) is 24.3 Å². The molecule has 0 heterocycles. The van der Waals surface area contributed by atoms with Crippen LogP contribution in [0.15, 0.2) is 84.9 Å². The van der Waals surface area contributed by atoms with E-state index in [-0.39, 0.29) is 11.0 Å². The number of para-hydroxylation sites is 1. The number of nitrogens with one attached hydrogen (secondary N) is 3. The maximum absolute atomic E-state index is 13.4. The fourth-order valence-electron chi connectivity index (χ4n) is 3.06. The van der Waals surface area contributed by atoms with Crippen molar-refractivity contribution in [3.8, 4) is 0 Å². The number of benzene rings is 3. The Bertz CT molecular complexity index is 1020. The Morgan fingerprint density at radius 1 is 0.781 bits per heavy atom. The topological polar surface area (TPSA) is 53.2 Å². The largest absolute Gasteiger partial charge is 0.339 e. The number of rotatable bonds is 6. The Morgan fingerprint density at radius 3 is 1.78 bits per heavy atom. The lowest BCUT2D eigenvalue weighted by Crippen LogP contribution is -2.57. The van der Waals surface area contributed by atoms with Crippen LogP contribution in [-0.2, 0) is 4.79 Å². The van der Waals surface area contributed by atoms with Crippen molar-refractivity contribution in [1.82, 2.24) is 10.6 Å². The molecule has 4 nitrogen and oxygen atoms in total. The van der Waals surface area contributed by atoms with E-state index in [2.05, 4.69) is 16.0 Å². The van der Waals surface area contributed by atoms with Crippen LogP contribution in [-0.4, -0.2) is 21.0 Å². The van der Waals surface area contributed by atoms with Crippen LogP contribution in [0.25, 0.3) is 0 Å². The smallest absolute Gasteiger partial charge is 0.233 e. The molecule has 166 valence electrons. The van der Waals surface area contributed by atoms with Gasteiger partial charge >= 0.3 is 0 Å². The third kappa shape index (κ3) is 6.74. The molecule has 0 aliphatic rings. The van der Waals surface area contributed by atoms with Crippen LogP contribution in [0.4, 0.5) is 5.69 Å². The minimum absolute atomic E-state index is 0.130. The summed E-state index contributed by atoms with van der Waals surface area (Å²) in [5.41, 5.74) is 2.18. The van der Waals surface area contributed by atoms with E-state index in [0.29, 0.717) is 10.7 Å². The van der Waals surface area contributed by atoms with E-state index in [9.17, 15) is 4.79 Å². The Labute approximate surface area is 212 Å². The quantitative estimate of drug-likeness (QED) is 0.201. The molecule has 1 amide bonds. The fourth-order valence-corrected chi connectivity index (χ4v) is 3.80. The molecule has 32 heavy (non-hydrogen) atoms. The molecule has 0 spiro atoms. The van der Waals surface area contributed by atoms with Crippen LogP contribution < -0.4 is 16.0 Å². The highest BCUT2D eigenvalue weighted by Gasteiger charge is 2.36. The molecule has 0 unspecified atom stereocenters. The molecule has 0 bridgehead atoms. The van der Waals surface area contributed by atoms with Crippen LogP contribution >= 0.6 is 58.6 Å². The van der Waals surface area contributed by atoms with Crippen molar-refractivity contribution in [3.05, 3.63) is 101 Å². The van der Waals surface area contributed by atoms with Crippen LogP contribution in [0.1, 0.15) is 17.0 Å². The molecule has 0 saturated heterocycles. The van der Waals surface area contributed by atoms with Crippen LogP contribution in [0.2, 0.25) is 5.02 Å². The predicted octanol–water partition coefficient (Wildman–Crippen LogP) is 6.27. The second-order valence-electron chi connectivity index (χ2n) is 6.82. The Hall–Kier alpha value is -2.02. The first-order chi connectivity index (χ1) is 15.3. The average molecular weight is 527 g/mol. The van der Waals surface area contributed by atoms with E-state index in [1.807, 2.05) is 60.7 Å². The minimum atomic E-state index is -1.89. The molecule has 1 atom stereocenters. The Kier molecular flexibility index (Phi) is 8.63. The summed E-state index contributed by atoms with van der Waals surface area (Å²) in [5.74, 6) is -0.967. The summed E-state index contributed by atoms with van der Waals surface area (Å²) >= 11 is 30.0. The van der Waals surface area contributed by atoms with Crippen molar-refractivity contribution in [2.24, 2.45) is 0 Å². The van der Waals surface area contributed by atoms with Crippen molar-refractivity contribution in [2.45, 2.75) is 15.9 Å². The summed E-state index contributed by atoms with van der Waals surface area (Å²) in [5, 5.41) is 9.18. The molecule has 9 heteroatoms. The van der Waals surface area contributed by atoms with Gasteiger partial charge in [-0.1, -0.05) is 119 Å². The van der Waals surface area contributed by atoms with Gasteiger partial charge in [0, 0.05) is 0 Å². The molecule has 3 aromatic carbocycles. The van der Waals surface area contributed by atoms with Crippen molar-refractivity contribution < 1.29 is 4.79 Å². The minimum Gasteiger partial charge on any atom is -0.339 e. The molecule has 0 aromatic heterocycles. The lowest BCUT2D eigenvalue weighted by Gasteiger charge is -2.29. The summed E-state index contributed by atoms with van der Waals surface area (Å²) in [6.45, 7) is 0. The van der Waals surface area contributed by atoms with Gasteiger partial charge in [0.2, 0.25) is 9.70 Å². The zero-order valence-corrected chi connectivity index (χ0v) is 20.4. The van der Waals surface area contributed by atoms with Gasteiger partial charge in [0.25, 0.3) is 0 Å². The van der Waals surface area contributed by atoms with Crippen LogP contribution in [0, 0.1) is 0 Å². The monoisotopic (exact) mass is 525 g/mol. The molecule has 0 radical (unpaired) electrons. The van der Waals surface area contributed by atoms with Gasteiger partial charge in [-0.05, 0) is 35.5 Å². The number of hydrogen-bond acceptors (Lipinski definition) is 2. The SMILES string of the molecule is O=C(N[C@@H](NC(=S)Nc1ccccc1Cl)C(Cl)(Cl)Cl)C(c1ccccc1)c1ccccc1. The predicted molar refractivity (Wildman–Crippen MR) is 138 cm³/mol. The zero-order chi connectivity index (χ0) is 23.1. The van der Waals surface area contributed by atoms with Crippen molar-refractivity contribution in [1.29, 1.82) is 0 Å². The summed E-state index contributed by atoms with van der Waals surface area (Å²) < 4.78 is -1.89. The molecule has 3 N–H and O–H groups in total. The lowest BCUT2D eigenvalue weighted by molar-refractivity contribution is -0.122. The number of amides is 1. The van der Waals surface area contributed by atoms with E-state index >= 15 is 0 Å². The van der Waals surface area contributed by atoms with Gasteiger partial charge in [-0.3, -0.25) is 4.79 Å². The third-order valence-corrected chi connectivity index (χ3v) is 5.74. The standard InChI is InChI=1S/C23H19Cl4N3OS/c24-17-13-7-8-14-18(17)28-22(32)30-21(23(25,26)27)29-20(31)19(15-9-3-1-4-10-15)16-11-5-2-6-12-16/h1-14,19,21H,(H,29,31)(H2,28,30,32)/t21-/m0/s1. The zero-order valence-electron chi connectivity index (χ0n) is 16.6. The number of hydrogen-bond donors (Lipinski definition) is 3. The first-order valence-corrected chi connectivity index (χ1v) is 11.5. The van der Waals surface area contributed by atoms with Crippen LogP contribution in [0.5, 0.6) is 0 Å². The van der Waals surface area contributed by atoms with Crippen molar-refractivity contribution in [2.75, 3.05) is 5.32 Å². The van der Waals surface area contributed by atoms with E-state index < -0.39 is 15.9 Å². The Morgan fingerprint density at radius 2 is 1.28 bits per heavy atom. The maximum Gasteiger partial charge on any atom is 0.233 e. The highest BCUT2D eigenvalue weighted by atomic mass is 35.6. The highest BCUT2D eigenvalue weighted by molar-refractivity contribution is 7.80. The molecule has 0 fully saturated rings. The highest BCUT2D eigenvalue weighted by Crippen LogP contribution is 2.31. The second kappa shape index (κ2) is 11.2. The van der Waals surface area contributed by atoms with Gasteiger partial charge in [-0.15, -0.1) is 0 Å². The van der Waals surface area contributed by atoms with Gasteiger partial charge in [0.05, 0.1) is 16.6 Å². The molecular weight excluding hydrogens is 508 g/mol. The lowest BCUT2D eigenvalue weighted by atomic mass is 9.90. The van der Waals surface area contributed by atoms with Gasteiger partial charge < -0.3 is 16.0 Å². The number of carbonyl (C=O) groups excluding carboxylic acids is 1. The summed E-state index contributed by atoms with van der Waals surface area (Å²) in [4.78, 5) is 13.4. The second-order valence-corrected chi connectivity index (χ2v) is 10.0. The number of alkyl halides is 3. The van der Waals surface area contributed by atoms with Crippen molar-refractivity contribution >= 4 is 75.3 Å². The average Bonchev–Trinajstić information content (AvgIpc) is 2.76. The van der Waals surface area contributed by atoms with E-state index in [0.717, 1.165) is 11.1 Å². The van der Waals surface area contributed by atoms with E-state index in [4.69, 9.17) is 58.6 Å². The molecular formula is C23H19Cl4N3OS. The van der Waals surface area contributed by atoms with Gasteiger partial charge in [-0.2, -0.15) is 0 Å². The maximum atomic E-state index is 13.4. The fraction of sp³-hybridized carbons (Fsp3) is 0.130. The first kappa shape index (κ1) is 24.6. The molecule has 0 aliphatic heterocycles. The summed E-state index contributed by atoms with van der Waals surface area (Å²) in [7, 11) is 0. The molecule has 3 rings (SSSR count). The number of carbonyl (C=O) groups is 1. The summed E-state index contributed by atoms with van der Waals surface area (Å²) in [6.07, 6.45) is -1.11. The summed E-state index contributed by atoms with van der Waals surface area (Å²) in [6, 6.07) is 25.8. The van der Waals surface area contributed by atoms with Crippen molar-refractivity contribution in [3.63, 3.8) is 0 Å². The number of anilines is 1. The molecule has 0 saturated carbocycles. The number of thiocarbonyl (C=S) groups is 1. The van der Waals surface area contributed by atoms with Gasteiger partial charge in [0.15, 0.2) is 5.11 Å². The van der Waals surface area contributed by atoms with Gasteiger partial charge in [-0.25, -0.2) is 0 Å². The van der Waals surface area contributed by atoms with Gasteiger partial charge in [0.1, 0.15) is 6.17 Å². The Balaban J connectivity index is 1.81.